The molecule has 0 saturated heterocycles. The Bertz CT molecular complexity index is 818. The van der Waals surface area contributed by atoms with Crippen LogP contribution in [0.15, 0.2) is 78.9 Å². The summed E-state index contributed by atoms with van der Waals surface area (Å²) < 4.78 is 39.7. The van der Waals surface area contributed by atoms with Crippen molar-refractivity contribution in [2.75, 3.05) is 0 Å². The van der Waals surface area contributed by atoms with E-state index in [1.807, 2.05) is 43.3 Å². The fourth-order valence-electron chi connectivity index (χ4n) is 3.58. The van der Waals surface area contributed by atoms with Crippen LogP contribution in [0.4, 0.5) is 13.2 Å². The van der Waals surface area contributed by atoms with Crippen LogP contribution in [0.5, 0.6) is 0 Å². The van der Waals surface area contributed by atoms with E-state index in [1.54, 1.807) is 6.07 Å². The zero-order valence-corrected chi connectivity index (χ0v) is 15.9. The average Bonchev–Trinajstić information content (AvgIpc) is 2.63. The van der Waals surface area contributed by atoms with Crippen LogP contribution in [0.1, 0.15) is 29.2 Å². The molecule has 1 atom stereocenters. The van der Waals surface area contributed by atoms with Crippen molar-refractivity contribution in [1.29, 1.82) is 0 Å². The molecule has 0 spiro atoms. The molecule has 4 heteroatoms. The molecule has 0 unspecified atom stereocenters. The summed E-state index contributed by atoms with van der Waals surface area (Å²) in [6, 6.07) is 24.5. The van der Waals surface area contributed by atoms with Gasteiger partial charge in [0.1, 0.15) is 8.80 Å². The zero-order valence-electron chi connectivity index (χ0n) is 14.8. The molecule has 0 aliphatic carbocycles. The Morgan fingerprint density at radius 3 is 1.73 bits per heavy atom. The molecule has 0 aromatic heterocycles. The minimum atomic E-state index is -4.32. The molecule has 0 fully saturated rings. The van der Waals surface area contributed by atoms with Crippen LogP contribution >= 0.6 is 0 Å². The van der Waals surface area contributed by atoms with Crippen molar-refractivity contribution < 1.29 is 13.2 Å². The Morgan fingerprint density at radius 1 is 0.769 bits per heavy atom. The van der Waals surface area contributed by atoms with E-state index in [0.29, 0.717) is 0 Å². The largest absolute Gasteiger partial charge is 0.416 e. The summed E-state index contributed by atoms with van der Waals surface area (Å²) in [6.07, 6.45) is -4.32. The molecule has 0 nitrogen and oxygen atoms in total. The minimum Gasteiger partial charge on any atom is -0.166 e. The van der Waals surface area contributed by atoms with E-state index in [-0.39, 0.29) is 5.54 Å². The van der Waals surface area contributed by atoms with Gasteiger partial charge in [-0.25, -0.2) is 0 Å². The van der Waals surface area contributed by atoms with Crippen LogP contribution in [-0.4, -0.2) is 8.80 Å². The summed E-state index contributed by atoms with van der Waals surface area (Å²) in [5.74, 6) is 0. The Morgan fingerprint density at radius 2 is 1.27 bits per heavy atom. The van der Waals surface area contributed by atoms with Gasteiger partial charge in [-0.3, -0.25) is 0 Å². The quantitative estimate of drug-likeness (QED) is 0.584. The summed E-state index contributed by atoms with van der Waals surface area (Å²) in [4.78, 5) is 0. The molecule has 134 valence electrons. The standard InChI is InChI=1S/C22H21F3Si/c1-16-13-14-18(22(23,24)25)15-21(16)17(2)26(19-9-5-3-6-10-19)20-11-7-4-8-12-20/h3-15,17,26H,1-2H3/t17-/m1/s1. The number of halogens is 3. The second kappa shape index (κ2) is 7.50. The Balaban J connectivity index is 2.11. The third-order valence-corrected chi connectivity index (χ3v) is 8.48. The predicted molar refractivity (Wildman–Crippen MR) is 104 cm³/mol. The van der Waals surface area contributed by atoms with E-state index >= 15 is 0 Å². The highest BCUT2D eigenvalue weighted by molar-refractivity contribution is 6.86. The molecule has 0 saturated carbocycles. The van der Waals surface area contributed by atoms with Gasteiger partial charge in [-0.05, 0) is 35.7 Å². The second-order valence-corrected chi connectivity index (χ2v) is 9.95. The molecule has 0 aliphatic heterocycles. The van der Waals surface area contributed by atoms with Gasteiger partial charge in [-0.1, -0.05) is 84.0 Å². The average molecular weight is 370 g/mol. The number of alkyl halides is 3. The summed E-state index contributed by atoms with van der Waals surface area (Å²) >= 11 is 0. The van der Waals surface area contributed by atoms with Gasteiger partial charge in [0.05, 0.1) is 5.56 Å². The number of rotatable bonds is 4. The van der Waals surface area contributed by atoms with E-state index < -0.39 is 20.5 Å². The second-order valence-electron chi connectivity index (χ2n) is 6.66. The lowest BCUT2D eigenvalue weighted by atomic mass is 10.0. The first-order valence-corrected chi connectivity index (χ1v) is 10.5. The number of benzene rings is 3. The summed E-state index contributed by atoms with van der Waals surface area (Å²) in [5, 5.41) is 2.48. The number of hydrogen-bond donors (Lipinski definition) is 0. The van der Waals surface area contributed by atoms with E-state index in [0.717, 1.165) is 11.1 Å². The molecular weight excluding hydrogens is 349 g/mol. The molecule has 3 rings (SSSR count). The highest BCUT2D eigenvalue weighted by atomic mass is 28.3. The summed E-state index contributed by atoms with van der Waals surface area (Å²) in [7, 11) is -1.74. The fraction of sp³-hybridized carbons (Fsp3) is 0.182. The maximum absolute atomic E-state index is 13.2. The van der Waals surface area contributed by atoms with Gasteiger partial charge in [0.2, 0.25) is 0 Å². The molecule has 0 N–H and O–H groups in total. The number of aryl methyl sites for hydroxylation is 1. The summed E-state index contributed by atoms with van der Waals surface area (Å²) in [5.41, 5.74) is 1.18. The van der Waals surface area contributed by atoms with Crippen LogP contribution in [0, 0.1) is 6.92 Å². The van der Waals surface area contributed by atoms with Crippen molar-refractivity contribution in [3.05, 3.63) is 95.6 Å². The van der Waals surface area contributed by atoms with E-state index in [2.05, 4.69) is 31.2 Å². The maximum atomic E-state index is 13.2. The third-order valence-electron chi connectivity index (χ3n) is 4.91. The van der Waals surface area contributed by atoms with Crippen molar-refractivity contribution in [2.24, 2.45) is 0 Å². The lowest BCUT2D eigenvalue weighted by molar-refractivity contribution is -0.137. The van der Waals surface area contributed by atoms with Crippen molar-refractivity contribution in [3.8, 4) is 0 Å². The van der Waals surface area contributed by atoms with Crippen LogP contribution < -0.4 is 10.4 Å². The summed E-state index contributed by atoms with van der Waals surface area (Å²) in [6.45, 7) is 3.97. The SMILES string of the molecule is Cc1ccc(C(F)(F)F)cc1[C@@H](C)[SiH](c1ccccc1)c1ccccc1. The first-order valence-electron chi connectivity index (χ1n) is 8.65. The van der Waals surface area contributed by atoms with Crippen LogP contribution in [0.25, 0.3) is 0 Å². The van der Waals surface area contributed by atoms with Gasteiger partial charge in [-0.15, -0.1) is 0 Å². The molecule has 0 bridgehead atoms. The maximum Gasteiger partial charge on any atom is 0.416 e. The van der Waals surface area contributed by atoms with Gasteiger partial charge in [0, 0.05) is 0 Å². The van der Waals surface area contributed by atoms with E-state index in [9.17, 15) is 13.2 Å². The van der Waals surface area contributed by atoms with Crippen LogP contribution in [0.2, 0.25) is 0 Å². The normalized spacial score (nSPS) is 13.0. The van der Waals surface area contributed by atoms with Gasteiger partial charge in [0.15, 0.2) is 0 Å². The lowest BCUT2D eigenvalue weighted by Gasteiger charge is -2.26. The Hall–Kier alpha value is -2.33. The number of hydrogen-bond acceptors (Lipinski definition) is 0. The molecule has 0 heterocycles. The van der Waals surface area contributed by atoms with Gasteiger partial charge < -0.3 is 0 Å². The Kier molecular flexibility index (Phi) is 5.32. The van der Waals surface area contributed by atoms with E-state index in [1.165, 1.54) is 22.5 Å². The zero-order chi connectivity index (χ0) is 18.7. The molecular formula is C22H21F3Si. The fourth-order valence-corrected chi connectivity index (χ4v) is 7.11. The van der Waals surface area contributed by atoms with Gasteiger partial charge >= 0.3 is 6.18 Å². The third kappa shape index (κ3) is 3.91. The predicted octanol–water partition coefficient (Wildman–Crippen LogP) is 4.70. The molecule has 3 aromatic rings. The molecule has 3 aromatic carbocycles. The van der Waals surface area contributed by atoms with Gasteiger partial charge in [0.25, 0.3) is 0 Å². The topological polar surface area (TPSA) is 0 Å². The smallest absolute Gasteiger partial charge is 0.166 e. The highest BCUT2D eigenvalue weighted by Crippen LogP contribution is 2.33. The van der Waals surface area contributed by atoms with Gasteiger partial charge in [-0.2, -0.15) is 13.2 Å². The highest BCUT2D eigenvalue weighted by Gasteiger charge is 2.32. The van der Waals surface area contributed by atoms with E-state index in [4.69, 9.17) is 0 Å². The minimum absolute atomic E-state index is 0.0436. The molecule has 0 radical (unpaired) electrons. The van der Waals surface area contributed by atoms with Crippen LogP contribution in [0.3, 0.4) is 0 Å². The van der Waals surface area contributed by atoms with Crippen molar-refractivity contribution >= 4 is 19.2 Å². The first kappa shape index (κ1) is 18.5. The Labute approximate surface area is 153 Å². The van der Waals surface area contributed by atoms with Crippen LogP contribution in [-0.2, 0) is 6.18 Å². The molecule has 0 aliphatic rings. The molecule has 26 heavy (non-hydrogen) atoms. The van der Waals surface area contributed by atoms with Crippen molar-refractivity contribution in [3.63, 3.8) is 0 Å². The first-order chi connectivity index (χ1) is 12.4. The van der Waals surface area contributed by atoms with Crippen molar-refractivity contribution in [2.45, 2.75) is 25.6 Å². The molecule has 0 amide bonds. The lowest BCUT2D eigenvalue weighted by Crippen LogP contribution is -2.46. The van der Waals surface area contributed by atoms with Crippen molar-refractivity contribution in [1.82, 2.24) is 0 Å². The monoisotopic (exact) mass is 370 g/mol.